The second-order valence-electron chi connectivity index (χ2n) is 4.62. The first kappa shape index (κ1) is 20.1. The number of H-pyrrole nitrogens is 2. The summed E-state index contributed by atoms with van der Waals surface area (Å²) in [7, 11) is 0. The maximum Gasteiger partial charge on any atom is 0.248 e. The van der Waals surface area contributed by atoms with Gasteiger partial charge in [-0.3, -0.25) is 14.4 Å². The van der Waals surface area contributed by atoms with Crippen LogP contribution in [0.4, 0.5) is 0 Å². The molecular weight excluding hydrogens is 327 g/mol. The van der Waals surface area contributed by atoms with Gasteiger partial charge in [-0.15, -0.1) is 24.8 Å². The fraction of sp³-hybridized carbons (Fsp3) is 0.267. The SMILES string of the molecule is Cl.Cl.O=C(CCc1cccc(=O)[nH]1)CCc1cccc(=O)[nH]1. The molecule has 0 aliphatic rings. The van der Waals surface area contributed by atoms with Crippen molar-refractivity contribution >= 4 is 30.6 Å². The number of carbonyl (C=O) groups excluding carboxylic acids is 1. The van der Waals surface area contributed by atoms with Gasteiger partial charge < -0.3 is 9.97 Å². The Labute approximate surface area is 140 Å². The minimum absolute atomic E-state index is 0. The number of hydrogen-bond donors (Lipinski definition) is 2. The van der Waals surface area contributed by atoms with E-state index in [0.717, 1.165) is 11.4 Å². The minimum atomic E-state index is -0.156. The monoisotopic (exact) mass is 344 g/mol. The fourth-order valence-electron chi connectivity index (χ4n) is 1.95. The summed E-state index contributed by atoms with van der Waals surface area (Å²) < 4.78 is 0. The van der Waals surface area contributed by atoms with E-state index in [1.54, 1.807) is 24.3 Å². The van der Waals surface area contributed by atoms with E-state index in [1.807, 2.05) is 0 Å². The smallest absolute Gasteiger partial charge is 0.248 e. The largest absolute Gasteiger partial charge is 0.326 e. The van der Waals surface area contributed by atoms with Crippen LogP contribution in [0.15, 0.2) is 46.0 Å². The van der Waals surface area contributed by atoms with Crippen LogP contribution in [-0.2, 0) is 17.6 Å². The summed E-state index contributed by atoms with van der Waals surface area (Å²) in [6, 6.07) is 9.82. The molecule has 0 amide bonds. The Hall–Kier alpha value is -1.85. The van der Waals surface area contributed by atoms with E-state index in [1.165, 1.54) is 12.1 Å². The molecule has 0 saturated heterocycles. The average molecular weight is 345 g/mol. The summed E-state index contributed by atoms with van der Waals surface area (Å²) >= 11 is 0. The number of hydrogen-bond acceptors (Lipinski definition) is 3. The zero-order valence-corrected chi connectivity index (χ0v) is 13.5. The predicted octanol–water partition coefficient (Wildman–Crippen LogP) is 2.04. The number of nitrogens with one attached hydrogen (secondary N) is 2. The maximum absolute atomic E-state index is 11.8. The van der Waals surface area contributed by atoms with Crippen molar-refractivity contribution in [2.24, 2.45) is 0 Å². The Bertz CT molecular complexity index is 650. The molecule has 2 aromatic rings. The highest BCUT2D eigenvalue weighted by Gasteiger charge is 2.04. The highest BCUT2D eigenvalue weighted by atomic mass is 35.5. The lowest BCUT2D eigenvalue weighted by Crippen LogP contribution is -2.10. The number of Topliss-reactive ketones (excluding diaryl/α,β-unsaturated/α-hetero) is 1. The van der Waals surface area contributed by atoms with Gasteiger partial charge in [0.1, 0.15) is 5.78 Å². The van der Waals surface area contributed by atoms with Gasteiger partial charge in [-0.05, 0) is 25.0 Å². The standard InChI is InChI=1S/C15H16N2O3.2ClH/c18-13(9-7-11-3-1-5-14(19)16-11)10-8-12-4-2-6-15(20)17-12;;/h1-6H,7-10H2,(H,16,19)(H,17,20);2*1H. The molecule has 22 heavy (non-hydrogen) atoms. The summed E-state index contributed by atoms with van der Waals surface area (Å²) in [4.78, 5) is 39.4. The first-order valence-corrected chi connectivity index (χ1v) is 6.51. The molecule has 0 saturated carbocycles. The van der Waals surface area contributed by atoms with Crippen LogP contribution < -0.4 is 11.1 Å². The van der Waals surface area contributed by atoms with Crippen LogP contribution >= 0.6 is 24.8 Å². The summed E-state index contributed by atoms with van der Waals surface area (Å²) in [6.45, 7) is 0. The summed E-state index contributed by atoms with van der Waals surface area (Å²) in [5, 5.41) is 0. The quantitative estimate of drug-likeness (QED) is 0.841. The lowest BCUT2D eigenvalue weighted by Gasteiger charge is -2.02. The Balaban J connectivity index is 0.00000220. The van der Waals surface area contributed by atoms with Crippen LogP contribution in [0.5, 0.6) is 0 Å². The van der Waals surface area contributed by atoms with Crippen molar-refractivity contribution in [2.75, 3.05) is 0 Å². The Morgan fingerprint density at radius 1 is 0.773 bits per heavy atom. The molecular formula is C15H18Cl2N2O3. The lowest BCUT2D eigenvalue weighted by atomic mass is 10.1. The van der Waals surface area contributed by atoms with Gasteiger partial charge in [-0.1, -0.05) is 12.1 Å². The number of aromatic amines is 2. The number of ketones is 1. The van der Waals surface area contributed by atoms with Crippen LogP contribution in [0.3, 0.4) is 0 Å². The predicted molar refractivity (Wildman–Crippen MR) is 90.3 cm³/mol. The normalized spacial score (nSPS) is 9.45. The molecule has 0 unspecified atom stereocenters. The van der Waals surface area contributed by atoms with Crippen molar-refractivity contribution < 1.29 is 4.79 Å². The molecule has 0 radical (unpaired) electrons. The number of rotatable bonds is 6. The van der Waals surface area contributed by atoms with Crippen molar-refractivity contribution in [3.63, 3.8) is 0 Å². The second kappa shape index (κ2) is 9.97. The Morgan fingerprint density at radius 3 is 1.55 bits per heavy atom. The molecule has 0 aliphatic carbocycles. The van der Waals surface area contributed by atoms with Crippen LogP contribution in [0.2, 0.25) is 0 Å². The van der Waals surface area contributed by atoms with Gasteiger partial charge in [0.15, 0.2) is 0 Å². The van der Waals surface area contributed by atoms with E-state index in [0.29, 0.717) is 25.7 Å². The lowest BCUT2D eigenvalue weighted by molar-refractivity contribution is -0.119. The number of aromatic nitrogens is 2. The molecule has 2 heterocycles. The number of carbonyl (C=O) groups is 1. The summed E-state index contributed by atoms with van der Waals surface area (Å²) in [6.07, 6.45) is 1.83. The van der Waals surface area contributed by atoms with Crippen molar-refractivity contribution in [3.05, 3.63) is 68.5 Å². The zero-order chi connectivity index (χ0) is 14.4. The molecule has 0 spiro atoms. The van der Waals surface area contributed by atoms with Crippen molar-refractivity contribution in [1.29, 1.82) is 0 Å². The van der Waals surface area contributed by atoms with Gasteiger partial charge in [-0.2, -0.15) is 0 Å². The van der Waals surface area contributed by atoms with Crippen LogP contribution in [-0.4, -0.2) is 15.8 Å². The average Bonchev–Trinajstić information content (AvgIpc) is 2.43. The molecule has 5 nitrogen and oxygen atoms in total. The van der Waals surface area contributed by atoms with E-state index in [2.05, 4.69) is 9.97 Å². The Morgan fingerprint density at radius 2 is 1.18 bits per heavy atom. The maximum atomic E-state index is 11.8. The van der Waals surface area contributed by atoms with E-state index >= 15 is 0 Å². The number of aryl methyl sites for hydroxylation is 2. The third-order valence-corrected chi connectivity index (χ3v) is 3.00. The van der Waals surface area contributed by atoms with Gasteiger partial charge >= 0.3 is 0 Å². The molecule has 0 fully saturated rings. The van der Waals surface area contributed by atoms with Crippen LogP contribution in [0.25, 0.3) is 0 Å². The van der Waals surface area contributed by atoms with E-state index in [4.69, 9.17) is 0 Å². The van der Waals surface area contributed by atoms with Gasteiger partial charge in [0.05, 0.1) is 0 Å². The van der Waals surface area contributed by atoms with E-state index in [-0.39, 0.29) is 41.7 Å². The second-order valence-corrected chi connectivity index (χ2v) is 4.62. The van der Waals surface area contributed by atoms with E-state index < -0.39 is 0 Å². The molecule has 7 heteroatoms. The van der Waals surface area contributed by atoms with Gasteiger partial charge in [0, 0.05) is 36.4 Å². The molecule has 2 N–H and O–H groups in total. The summed E-state index contributed by atoms with van der Waals surface area (Å²) in [5.74, 6) is 0.111. The van der Waals surface area contributed by atoms with Gasteiger partial charge in [0.25, 0.3) is 0 Å². The van der Waals surface area contributed by atoms with E-state index in [9.17, 15) is 14.4 Å². The van der Waals surface area contributed by atoms with Crippen LogP contribution in [0, 0.1) is 0 Å². The zero-order valence-electron chi connectivity index (χ0n) is 11.8. The number of pyridine rings is 2. The molecule has 2 rings (SSSR count). The third-order valence-electron chi connectivity index (χ3n) is 3.00. The highest BCUT2D eigenvalue weighted by Crippen LogP contribution is 2.03. The van der Waals surface area contributed by atoms with Gasteiger partial charge in [-0.25, -0.2) is 0 Å². The van der Waals surface area contributed by atoms with Crippen LogP contribution in [0.1, 0.15) is 24.2 Å². The highest BCUT2D eigenvalue weighted by molar-refractivity contribution is 5.85. The number of halogens is 2. The summed E-state index contributed by atoms with van der Waals surface area (Å²) in [5.41, 5.74) is 1.21. The first-order valence-electron chi connectivity index (χ1n) is 6.51. The molecule has 0 bridgehead atoms. The third kappa shape index (κ3) is 6.74. The fourth-order valence-corrected chi connectivity index (χ4v) is 1.95. The molecule has 0 aromatic carbocycles. The molecule has 120 valence electrons. The molecule has 2 aromatic heterocycles. The molecule has 0 atom stereocenters. The molecule has 0 aliphatic heterocycles. The van der Waals surface area contributed by atoms with Crippen molar-refractivity contribution in [2.45, 2.75) is 25.7 Å². The topological polar surface area (TPSA) is 82.8 Å². The van der Waals surface area contributed by atoms with Crippen molar-refractivity contribution in [1.82, 2.24) is 9.97 Å². The Kier molecular flexibility index (Phi) is 9.13. The van der Waals surface area contributed by atoms with Gasteiger partial charge in [0.2, 0.25) is 11.1 Å². The van der Waals surface area contributed by atoms with Crippen molar-refractivity contribution in [3.8, 4) is 0 Å². The minimum Gasteiger partial charge on any atom is -0.326 e. The first-order chi connectivity index (χ1) is 9.63.